The van der Waals surface area contributed by atoms with Gasteiger partial charge in [-0.2, -0.15) is 13.2 Å². The number of amides is 1. The normalized spacial score (nSPS) is 30.8. The Balaban J connectivity index is 1.14. The molecule has 1 aliphatic carbocycles. The standard InChI is InChI=1S/C32H39F4N3O3/c1-20-14-25(7-9-28(20)33)39-13-12-37(16-21(39)2)26-10-11-31(42-18-26,23-4-5-23)29(40)38-17-22-15-24(32(34,35)36)6-8-27(22)30(3,41)19-38/h6-9,14-15,21,23,26,41H,4-5,10-13,16-19H2,1-3H3/t21?,26-,30+,31+/m1/s1. The molecule has 42 heavy (non-hydrogen) atoms. The molecule has 0 spiro atoms. The molecule has 3 fully saturated rings. The first-order chi connectivity index (χ1) is 19.8. The molecule has 1 saturated carbocycles. The van der Waals surface area contributed by atoms with E-state index in [2.05, 4.69) is 16.7 Å². The van der Waals surface area contributed by atoms with Gasteiger partial charge >= 0.3 is 6.18 Å². The first kappa shape index (κ1) is 29.4. The third kappa shape index (κ3) is 5.30. The van der Waals surface area contributed by atoms with Crippen LogP contribution in [0.1, 0.15) is 61.8 Å². The van der Waals surface area contributed by atoms with Crippen molar-refractivity contribution in [3.05, 3.63) is 64.5 Å². The van der Waals surface area contributed by atoms with Crippen LogP contribution in [0, 0.1) is 18.7 Å². The summed E-state index contributed by atoms with van der Waals surface area (Å²) in [5.74, 6) is -0.352. The number of hydrogen-bond acceptors (Lipinski definition) is 5. The van der Waals surface area contributed by atoms with Crippen molar-refractivity contribution in [1.29, 1.82) is 0 Å². The molecule has 1 unspecified atom stereocenters. The van der Waals surface area contributed by atoms with Crippen LogP contribution >= 0.6 is 0 Å². The minimum Gasteiger partial charge on any atom is -0.384 e. The second kappa shape index (κ2) is 10.5. The van der Waals surface area contributed by atoms with Crippen molar-refractivity contribution in [3.8, 4) is 0 Å². The highest BCUT2D eigenvalue weighted by molar-refractivity contribution is 5.86. The molecule has 2 aromatic rings. The summed E-state index contributed by atoms with van der Waals surface area (Å²) in [6, 6.07) is 8.98. The van der Waals surface area contributed by atoms with Gasteiger partial charge in [-0.15, -0.1) is 0 Å². The molecular formula is C32H39F4N3O3. The van der Waals surface area contributed by atoms with Crippen molar-refractivity contribution in [2.45, 2.75) is 82.5 Å². The van der Waals surface area contributed by atoms with Gasteiger partial charge in [-0.25, -0.2) is 4.39 Å². The third-order valence-corrected chi connectivity index (χ3v) is 9.79. The lowest BCUT2D eigenvalue weighted by atomic mass is 9.82. The average molecular weight is 590 g/mol. The number of carbonyl (C=O) groups excluding carboxylic acids is 1. The maximum Gasteiger partial charge on any atom is 0.416 e. The Morgan fingerprint density at radius 1 is 1.10 bits per heavy atom. The van der Waals surface area contributed by atoms with E-state index in [1.165, 1.54) is 17.0 Å². The number of anilines is 1. The SMILES string of the molecule is Cc1cc(N2CCN([C@@H]3CC[C@@](C(=O)N4Cc5cc(C(F)(F)F)ccc5[C@@](C)(O)C4)(C4CC4)OC3)CC2C)ccc1F. The molecule has 2 aromatic carbocycles. The van der Waals surface area contributed by atoms with E-state index in [0.29, 0.717) is 29.7 Å². The van der Waals surface area contributed by atoms with Crippen molar-refractivity contribution < 1.29 is 32.2 Å². The summed E-state index contributed by atoms with van der Waals surface area (Å²) < 4.78 is 60.7. The van der Waals surface area contributed by atoms with Crippen LogP contribution in [-0.2, 0) is 27.9 Å². The van der Waals surface area contributed by atoms with Crippen molar-refractivity contribution >= 4 is 11.6 Å². The minimum atomic E-state index is -4.51. The fourth-order valence-corrected chi connectivity index (χ4v) is 7.35. The number of aryl methyl sites for hydroxylation is 1. The van der Waals surface area contributed by atoms with Gasteiger partial charge in [-0.05, 0) is 99.4 Å². The van der Waals surface area contributed by atoms with Crippen LogP contribution in [0.15, 0.2) is 36.4 Å². The number of aliphatic hydroxyl groups is 1. The van der Waals surface area contributed by atoms with Crippen LogP contribution in [0.2, 0.25) is 0 Å². The summed E-state index contributed by atoms with van der Waals surface area (Å²) >= 11 is 0. The molecule has 0 bridgehead atoms. The largest absolute Gasteiger partial charge is 0.416 e. The van der Waals surface area contributed by atoms with Gasteiger partial charge in [0.05, 0.1) is 18.7 Å². The Morgan fingerprint density at radius 3 is 2.48 bits per heavy atom. The molecular weight excluding hydrogens is 550 g/mol. The number of alkyl halides is 3. The van der Waals surface area contributed by atoms with Crippen LogP contribution < -0.4 is 4.90 Å². The summed E-state index contributed by atoms with van der Waals surface area (Å²) in [6.07, 6.45) is -1.43. The quantitative estimate of drug-likeness (QED) is 0.495. The maximum absolute atomic E-state index is 14.1. The van der Waals surface area contributed by atoms with E-state index < -0.39 is 22.9 Å². The molecule has 1 N–H and O–H groups in total. The maximum atomic E-state index is 14.1. The molecule has 2 saturated heterocycles. The van der Waals surface area contributed by atoms with Gasteiger partial charge in [-0.3, -0.25) is 9.69 Å². The highest BCUT2D eigenvalue weighted by Gasteiger charge is 2.56. The predicted octanol–water partition coefficient (Wildman–Crippen LogP) is 5.24. The zero-order valence-electron chi connectivity index (χ0n) is 24.4. The van der Waals surface area contributed by atoms with E-state index in [9.17, 15) is 27.5 Å². The molecule has 0 radical (unpaired) electrons. The fraction of sp³-hybridized carbons (Fsp3) is 0.594. The Labute approximate surface area is 244 Å². The molecule has 6 nitrogen and oxygen atoms in total. The van der Waals surface area contributed by atoms with Crippen molar-refractivity contribution in [1.82, 2.24) is 9.80 Å². The van der Waals surface area contributed by atoms with Gasteiger partial charge in [-0.1, -0.05) is 6.07 Å². The van der Waals surface area contributed by atoms with Crippen molar-refractivity contribution in [2.75, 3.05) is 37.7 Å². The molecule has 3 heterocycles. The third-order valence-electron chi connectivity index (χ3n) is 9.79. The molecule has 10 heteroatoms. The van der Waals surface area contributed by atoms with Gasteiger partial charge in [0.1, 0.15) is 17.0 Å². The van der Waals surface area contributed by atoms with E-state index in [0.717, 1.165) is 56.7 Å². The Hall–Kier alpha value is -2.69. The fourth-order valence-electron chi connectivity index (χ4n) is 7.35. The number of carbonyl (C=O) groups is 1. The van der Waals surface area contributed by atoms with Gasteiger partial charge in [0.25, 0.3) is 5.91 Å². The van der Waals surface area contributed by atoms with Crippen LogP contribution in [0.3, 0.4) is 0 Å². The van der Waals surface area contributed by atoms with Crippen LogP contribution in [0.5, 0.6) is 0 Å². The Morgan fingerprint density at radius 2 is 1.86 bits per heavy atom. The van der Waals surface area contributed by atoms with E-state index in [-0.39, 0.29) is 42.8 Å². The first-order valence-electron chi connectivity index (χ1n) is 14.9. The van der Waals surface area contributed by atoms with Crippen LogP contribution in [0.4, 0.5) is 23.2 Å². The monoisotopic (exact) mass is 589 g/mol. The second-order valence-corrected chi connectivity index (χ2v) is 12.9. The van der Waals surface area contributed by atoms with Gasteiger partial charge in [0, 0.05) is 44.0 Å². The minimum absolute atomic E-state index is 0.00773. The highest BCUT2D eigenvalue weighted by Crippen LogP contribution is 2.49. The molecule has 0 aromatic heterocycles. The second-order valence-electron chi connectivity index (χ2n) is 12.9. The smallest absolute Gasteiger partial charge is 0.384 e. The lowest BCUT2D eigenvalue weighted by Gasteiger charge is -2.49. The summed E-state index contributed by atoms with van der Waals surface area (Å²) in [6.45, 7) is 8.36. The lowest BCUT2D eigenvalue weighted by molar-refractivity contribution is -0.180. The van der Waals surface area contributed by atoms with E-state index >= 15 is 0 Å². The molecule has 4 aliphatic rings. The van der Waals surface area contributed by atoms with E-state index in [4.69, 9.17) is 4.74 Å². The number of rotatable bonds is 4. The lowest BCUT2D eigenvalue weighted by Crippen LogP contribution is -2.62. The van der Waals surface area contributed by atoms with E-state index in [1.807, 2.05) is 12.1 Å². The number of fused-ring (bicyclic) bond motifs is 1. The van der Waals surface area contributed by atoms with Gasteiger partial charge in [0.15, 0.2) is 0 Å². The van der Waals surface area contributed by atoms with Crippen LogP contribution in [0.25, 0.3) is 0 Å². The zero-order chi connectivity index (χ0) is 30.0. The summed E-state index contributed by atoms with van der Waals surface area (Å²) in [5.41, 5.74) is -0.877. The number of nitrogens with zero attached hydrogens (tertiary/aromatic N) is 3. The summed E-state index contributed by atoms with van der Waals surface area (Å²) in [7, 11) is 0. The molecule has 228 valence electrons. The molecule has 1 amide bonds. The highest BCUT2D eigenvalue weighted by atomic mass is 19.4. The number of hydrogen-bond donors (Lipinski definition) is 1. The number of β-amino-alcohol motifs (C(OH)–C–C–N with tert-alkyl or cyclic N) is 1. The van der Waals surface area contributed by atoms with E-state index in [1.54, 1.807) is 13.8 Å². The molecule has 3 aliphatic heterocycles. The zero-order valence-corrected chi connectivity index (χ0v) is 24.4. The molecule has 6 rings (SSSR count). The number of benzene rings is 2. The van der Waals surface area contributed by atoms with Crippen molar-refractivity contribution in [2.24, 2.45) is 5.92 Å². The van der Waals surface area contributed by atoms with Crippen molar-refractivity contribution in [3.63, 3.8) is 0 Å². The Kier molecular flexibility index (Phi) is 7.34. The summed E-state index contributed by atoms with van der Waals surface area (Å²) in [4.78, 5) is 20.4. The average Bonchev–Trinajstić information content (AvgIpc) is 3.79. The predicted molar refractivity (Wildman–Crippen MR) is 150 cm³/mol. The number of ether oxygens (including phenoxy) is 1. The van der Waals surface area contributed by atoms with Gasteiger partial charge in [0.2, 0.25) is 0 Å². The summed E-state index contributed by atoms with van der Waals surface area (Å²) in [5, 5.41) is 11.2. The van der Waals surface area contributed by atoms with Gasteiger partial charge < -0.3 is 19.6 Å². The van der Waals surface area contributed by atoms with Crippen LogP contribution in [-0.4, -0.2) is 71.3 Å². The molecule has 4 atom stereocenters. The Bertz CT molecular complexity index is 1350. The first-order valence-corrected chi connectivity index (χ1v) is 14.9. The number of halogens is 4. The topological polar surface area (TPSA) is 56.2 Å². The number of piperazine rings is 1.